The second-order valence-electron chi connectivity index (χ2n) is 4.10. The summed E-state index contributed by atoms with van der Waals surface area (Å²) < 4.78 is 27.6. The van der Waals surface area contributed by atoms with Crippen LogP contribution in [0.2, 0.25) is 0 Å². The van der Waals surface area contributed by atoms with Gasteiger partial charge in [0.05, 0.1) is 13.0 Å². The molecule has 0 atom stereocenters. The number of sulfonamides is 1. The van der Waals surface area contributed by atoms with Crippen molar-refractivity contribution in [3.63, 3.8) is 0 Å². The highest BCUT2D eigenvalue weighted by atomic mass is 79.9. The molecule has 9 heteroatoms. The van der Waals surface area contributed by atoms with Crippen LogP contribution in [-0.4, -0.2) is 26.0 Å². The lowest BCUT2D eigenvalue weighted by molar-refractivity contribution is -0.143. The Bertz CT molecular complexity index is 592. The summed E-state index contributed by atoms with van der Waals surface area (Å²) in [6.45, 7) is -0.0649. The predicted octanol–water partition coefficient (Wildman–Crippen LogP) is 2.42. The van der Waals surface area contributed by atoms with Gasteiger partial charge in [-0.25, -0.2) is 13.1 Å². The summed E-state index contributed by atoms with van der Waals surface area (Å²) in [5.74, 6) is -0.948. The van der Waals surface area contributed by atoms with E-state index >= 15 is 0 Å². The maximum atomic E-state index is 12.0. The summed E-state index contributed by atoms with van der Waals surface area (Å²) in [4.78, 5) is 11.1. The molecule has 0 spiro atoms. The maximum absolute atomic E-state index is 12.0. The van der Waals surface area contributed by atoms with Gasteiger partial charge in [0.25, 0.3) is 0 Å². The summed E-state index contributed by atoms with van der Waals surface area (Å²) in [6.07, 6.45) is 1.03. The molecule has 0 amide bonds. The third kappa shape index (κ3) is 2.79. The zero-order chi connectivity index (χ0) is 13.6. The Morgan fingerprint density at radius 1 is 1.50 bits per heavy atom. The third-order valence-corrected chi connectivity index (χ3v) is 6.98. The lowest BCUT2D eigenvalue weighted by Gasteiger charge is -2.11. The van der Waals surface area contributed by atoms with Crippen molar-refractivity contribution in [3.05, 3.63) is 13.6 Å². The second kappa shape index (κ2) is 4.86. The molecule has 1 aromatic heterocycles. The Labute approximate surface area is 125 Å². The lowest BCUT2D eigenvalue weighted by Crippen LogP contribution is -2.34. The van der Waals surface area contributed by atoms with Crippen LogP contribution in [0.3, 0.4) is 0 Å². The maximum Gasteiger partial charge on any atom is 0.310 e. The zero-order valence-corrected chi connectivity index (χ0v) is 13.7. The molecule has 0 aliphatic heterocycles. The van der Waals surface area contributed by atoms with E-state index in [-0.39, 0.29) is 11.4 Å². The van der Waals surface area contributed by atoms with Crippen LogP contribution in [0.25, 0.3) is 0 Å². The van der Waals surface area contributed by atoms with Gasteiger partial charge >= 0.3 is 5.97 Å². The minimum absolute atomic E-state index is 0.0649. The van der Waals surface area contributed by atoms with E-state index in [0.29, 0.717) is 20.4 Å². The first-order valence-corrected chi connectivity index (χ1v) is 8.83. The molecule has 2 rings (SSSR count). The van der Waals surface area contributed by atoms with Crippen LogP contribution in [0, 0.1) is 5.41 Å². The van der Waals surface area contributed by atoms with E-state index in [1.54, 1.807) is 0 Å². The normalized spacial score (nSPS) is 17.7. The number of aliphatic carboxylic acids is 1. The summed E-state index contributed by atoms with van der Waals surface area (Å²) in [5.41, 5.74) is -0.910. The molecular weight excluding hydrogens is 410 g/mol. The molecule has 2 N–H and O–H groups in total. The molecule has 0 bridgehead atoms. The Balaban J connectivity index is 2.14. The van der Waals surface area contributed by atoms with E-state index in [1.807, 2.05) is 0 Å². The molecule has 0 aromatic carbocycles. The average Bonchev–Trinajstić information content (AvgIpc) is 2.97. The molecule has 1 aromatic rings. The number of rotatable bonds is 5. The zero-order valence-electron chi connectivity index (χ0n) is 8.94. The Hall–Kier alpha value is 0.0400. The van der Waals surface area contributed by atoms with E-state index in [2.05, 4.69) is 36.6 Å². The van der Waals surface area contributed by atoms with Crippen molar-refractivity contribution in [2.75, 3.05) is 6.54 Å². The summed E-state index contributed by atoms with van der Waals surface area (Å²) in [5, 5.41) is 8.98. The molecule has 1 saturated carbocycles. The number of hydrogen-bond acceptors (Lipinski definition) is 4. The second-order valence-corrected chi connectivity index (χ2v) is 9.58. The molecular formula is C9H9Br2NO4S2. The van der Waals surface area contributed by atoms with Crippen LogP contribution in [-0.2, 0) is 14.8 Å². The van der Waals surface area contributed by atoms with Crippen LogP contribution >= 0.6 is 43.2 Å². The summed E-state index contributed by atoms with van der Waals surface area (Å²) >= 11 is 7.62. The van der Waals surface area contributed by atoms with Gasteiger partial charge in [0.1, 0.15) is 4.90 Å². The number of carboxylic acids is 1. The molecule has 1 aliphatic rings. The highest BCUT2D eigenvalue weighted by Gasteiger charge is 2.50. The summed E-state index contributed by atoms with van der Waals surface area (Å²) in [7, 11) is -3.68. The standard InChI is InChI=1S/C9H9Br2NO4S2/c10-6-3-5(7(11)17-6)18(15,16)12-4-9(1-2-9)8(13)14/h3,12H,1-2,4H2,(H,13,14). The van der Waals surface area contributed by atoms with Gasteiger partial charge in [0.2, 0.25) is 10.0 Å². The first-order chi connectivity index (χ1) is 8.27. The smallest absolute Gasteiger partial charge is 0.310 e. The largest absolute Gasteiger partial charge is 0.481 e. The molecule has 0 saturated heterocycles. The van der Waals surface area contributed by atoms with Crippen molar-refractivity contribution in [2.24, 2.45) is 5.41 Å². The van der Waals surface area contributed by atoms with Crippen LogP contribution in [0.4, 0.5) is 0 Å². The van der Waals surface area contributed by atoms with Crippen LogP contribution in [0.5, 0.6) is 0 Å². The molecule has 1 heterocycles. The Kier molecular flexibility index (Phi) is 3.90. The van der Waals surface area contributed by atoms with E-state index in [0.717, 1.165) is 0 Å². The fourth-order valence-corrected chi connectivity index (χ4v) is 6.37. The predicted molar refractivity (Wildman–Crippen MR) is 74.2 cm³/mol. The highest BCUT2D eigenvalue weighted by molar-refractivity contribution is 9.12. The van der Waals surface area contributed by atoms with E-state index < -0.39 is 21.4 Å². The monoisotopic (exact) mass is 417 g/mol. The van der Waals surface area contributed by atoms with Gasteiger partial charge in [-0.05, 0) is 50.8 Å². The number of halogens is 2. The van der Waals surface area contributed by atoms with Gasteiger partial charge in [0, 0.05) is 6.54 Å². The van der Waals surface area contributed by atoms with E-state index in [1.165, 1.54) is 17.4 Å². The average molecular weight is 419 g/mol. The van der Waals surface area contributed by atoms with Crippen molar-refractivity contribution in [1.29, 1.82) is 0 Å². The van der Waals surface area contributed by atoms with Gasteiger partial charge in [-0.3, -0.25) is 4.79 Å². The van der Waals surface area contributed by atoms with E-state index in [4.69, 9.17) is 5.11 Å². The molecule has 100 valence electrons. The molecule has 5 nitrogen and oxygen atoms in total. The van der Waals surface area contributed by atoms with Gasteiger partial charge in [-0.15, -0.1) is 11.3 Å². The number of thiophene rings is 1. The van der Waals surface area contributed by atoms with E-state index in [9.17, 15) is 13.2 Å². The van der Waals surface area contributed by atoms with Crippen molar-refractivity contribution >= 4 is 59.2 Å². The minimum atomic E-state index is -3.68. The SMILES string of the molecule is O=C(O)C1(CNS(=O)(=O)c2cc(Br)sc2Br)CC1. The van der Waals surface area contributed by atoms with Crippen LogP contribution in [0.1, 0.15) is 12.8 Å². The Morgan fingerprint density at radius 3 is 2.50 bits per heavy atom. The van der Waals surface area contributed by atoms with Gasteiger partial charge in [-0.1, -0.05) is 0 Å². The fourth-order valence-electron chi connectivity index (χ4n) is 1.44. The first-order valence-electron chi connectivity index (χ1n) is 4.95. The third-order valence-electron chi connectivity index (χ3n) is 2.82. The van der Waals surface area contributed by atoms with Crippen molar-refractivity contribution in [1.82, 2.24) is 4.72 Å². The van der Waals surface area contributed by atoms with Crippen LogP contribution in [0.15, 0.2) is 18.5 Å². The first kappa shape index (κ1) is 14.4. The van der Waals surface area contributed by atoms with Crippen LogP contribution < -0.4 is 4.72 Å². The topological polar surface area (TPSA) is 83.5 Å². The minimum Gasteiger partial charge on any atom is -0.481 e. The number of nitrogens with one attached hydrogen (secondary N) is 1. The molecule has 1 aliphatic carbocycles. The molecule has 0 unspecified atom stereocenters. The van der Waals surface area contributed by atoms with Gasteiger partial charge in [0.15, 0.2) is 0 Å². The lowest BCUT2D eigenvalue weighted by atomic mass is 10.1. The number of carbonyl (C=O) groups is 1. The molecule has 18 heavy (non-hydrogen) atoms. The summed E-state index contributed by atoms with van der Waals surface area (Å²) in [6, 6.07) is 1.48. The quantitative estimate of drug-likeness (QED) is 0.768. The van der Waals surface area contributed by atoms with Gasteiger partial charge < -0.3 is 5.11 Å². The molecule has 1 fully saturated rings. The number of hydrogen-bond donors (Lipinski definition) is 2. The van der Waals surface area contributed by atoms with Crippen molar-refractivity contribution in [2.45, 2.75) is 17.7 Å². The Morgan fingerprint density at radius 2 is 2.11 bits per heavy atom. The number of carboxylic acid groups (broad SMARTS) is 1. The van der Waals surface area contributed by atoms with Gasteiger partial charge in [-0.2, -0.15) is 0 Å². The molecule has 0 radical (unpaired) electrons. The highest BCUT2D eigenvalue weighted by Crippen LogP contribution is 2.45. The fraction of sp³-hybridized carbons (Fsp3) is 0.444. The van der Waals surface area contributed by atoms with Crippen molar-refractivity contribution in [3.8, 4) is 0 Å². The van der Waals surface area contributed by atoms with Crippen molar-refractivity contribution < 1.29 is 18.3 Å².